The number of carbonyl (C=O) groups is 3. The van der Waals surface area contributed by atoms with Crippen LogP contribution in [-0.4, -0.2) is 51.9 Å². The molecule has 0 radical (unpaired) electrons. The normalized spacial score (nSPS) is 10.4. The van der Waals surface area contributed by atoms with Gasteiger partial charge in [0.25, 0.3) is 11.8 Å². The predicted molar refractivity (Wildman–Crippen MR) is 132 cm³/mol. The zero-order valence-electron chi connectivity index (χ0n) is 19.9. The van der Waals surface area contributed by atoms with Crippen LogP contribution in [0.5, 0.6) is 23.0 Å². The summed E-state index contributed by atoms with van der Waals surface area (Å²) in [5.74, 6) is 0.440. The van der Waals surface area contributed by atoms with Gasteiger partial charge in [0.1, 0.15) is 11.5 Å². The first kappa shape index (κ1) is 25.8. The molecule has 10 heteroatoms. The SMILES string of the molecule is COc1ccc(C(=O)NCC(=O)N/N=C/c2ccc(OC(=O)c3ccc(OC)c(OC)c3)cc2)cc1. The van der Waals surface area contributed by atoms with Crippen LogP contribution >= 0.6 is 0 Å². The molecule has 0 saturated heterocycles. The quantitative estimate of drug-likeness (QED) is 0.193. The summed E-state index contributed by atoms with van der Waals surface area (Å²) in [6.07, 6.45) is 1.42. The molecule has 2 amide bonds. The lowest BCUT2D eigenvalue weighted by molar-refractivity contribution is -0.120. The van der Waals surface area contributed by atoms with Crippen molar-refractivity contribution in [2.24, 2.45) is 5.10 Å². The van der Waals surface area contributed by atoms with Gasteiger partial charge in [-0.1, -0.05) is 0 Å². The summed E-state index contributed by atoms with van der Waals surface area (Å²) in [5.41, 5.74) is 3.70. The number of nitrogens with one attached hydrogen (secondary N) is 2. The molecule has 36 heavy (non-hydrogen) atoms. The van der Waals surface area contributed by atoms with Gasteiger partial charge in [-0.25, -0.2) is 10.2 Å². The van der Waals surface area contributed by atoms with E-state index in [4.69, 9.17) is 18.9 Å². The molecule has 2 N–H and O–H groups in total. The van der Waals surface area contributed by atoms with Gasteiger partial charge in [-0.2, -0.15) is 5.10 Å². The summed E-state index contributed by atoms with van der Waals surface area (Å²) in [7, 11) is 4.52. The monoisotopic (exact) mass is 491 g/mol. The van der Waals surface area contributed by atoms with E-state index >= 15 is 0 Å². The van der Waals surface area contributed by atoms with Crippen molar-refractivity contribution in [2.75, 3.05) is 27.9 Å². The van der Waals surface area contributed by atoms with E-state index in [1.165, 1.54) is 33.6 Å². The Bertz CT molecular complexity index is 1240. The van der Waals surface area contributed by atoms with Gasteiger partial charge in [-0.05, 0) is 72.3 Å². The fourth-order valence-electron chi connectivity index (χ4n) is 2.97. The van der Waals surface area contributed by atoms with E-state index in [0.717, 1.165) is 0 Å². The minimum atomic E-state index is -0.554. The summed E-state index contributed by atoms with van der Waals surface area (Å²) in [6.45, 7) is -0.243. The molecule has 0 aliphatic rings. The number of rotatable bonds is 10. The van der Waals surface area contributed by atoms with Gasteiger partial charge in [0.15, 0.2) is 11.5 Å². The second-order valence-electron chi connectivity index (χ2n) is 7.23. The molecule has 186 valence electrons. The van der Waals surface area contributed by atoms with E-state index < -0.39 is 17.8 Å². The van der Waals surface area contributed by atoms with Crippen LogP contribution < -0.4 is 29.7 Å². The maximum absolute atomic E-state index is 12.4. The minimum Gasteiger partial charge on any atom is -0.497 e. The molecule has 0 fully saturated rings. The molecule has 3 aromatic rings. The largest absolute Gasteiger partial charge is 0.497 e. The number of esters is 1. The molecule has 0 heterocycles. The summed E-state index contributed by atoms with van der Waals surface area (Å²) >= 11 is 0. The average Bonchev–Trinajstić information content (AvgIpc) is 2.92. The lowest BCUT2D eigenvalue weighted by atomic mass is 10.2. The Morgan fingerprint density at radius 3 is 2.06 bits per heavy atom. The molecule has 0 spiro atoms. The number of benzene rings is 3. The lowest BCUT2D eigenvalue weighted by Gasteiger charge is -2.09. The van der Waals surface area contributed by atoms with Crippen LogP contribution in [0, 0.1) is 0 Å². The highest BCUT2D eigenvalue weighted by molar-refractivity contribution is 5.96. The fraction of sp³-hybridized carbons (Fsp3) is 0.154. The number of nitrogens with zero attached hydrogens (tertiary/aromatic N) is 1. The van der Waals surface area contributed by atoms with Crippen LogP contribution in [0.3, 0.4) is 0 Å². The molecule has 0 bridgehead atoms. The fourth-order valence-corrected chi connectivity index (χ4v) is 2.97. The third-order valence-electron chi connectivity index (χ3n) is 4.87. The van der Waals surface area contributed by atoms with Gasteiger partial charge in [0.05, 0.1) is 39.7 Å². The molecule has 0 aromatic heterocycles. The summed E-state index contributed by atoms with van der Waals surface area (Å²) in [5, 5.41) is 6.37. The van der Waals surface area contributed by atoms with Crippen molar-refractivity contribution >= 4 is 24.0 Å². The molecule has 0 unspecified atom stereocenters. The first-order valence-electron chi connectivity index (χ1n) is 10.7. The van der Waals surface area contributed by atoms with Crippen LogP contribution in [-0.2, 0) is 4.79 Å². The Labute approximate surface area is 207 Å². The molecule has 0 saturated carbocycles. The molecule has 0 aliphatic heterocycles. The van der Waals surface area contributed by atoms with Crippen molar-refractivity contribution in [3.05, 3.63) is 83.4 Å². The number of hydrogen-bond donors (Lipinski definition) is 2. The standard InChI is InChI=1S/C26H25N3O7/c1-33-20-11-6-18(7-12-20)25(31)27-16-24(30)29-28-15-17-4-9-21(10-5-17)36-26(32)19-8-13-22(34-2)23(14-19)35-3/h4-15H,16H2,1-3H3,(H,27,31)(H,29,30)/b28-15+. The highest BCUT2D eigenvalue weighted by Gasteiger charge is 2.13. The number of ether oxygens (including phenoxy) is 4. The highest BCUT2D eigenvalue weighted by atomic mass is 16.5. The van der Waals surface area contributed by atoms with Crippen molar-refractivity contribution < 1.29 is 33.3 Å². The zero-order valence-corrected chi connectivity index (χ0v) is 19.9. The number of methoxy groups -OCH3 is 3. The van der Waals surface area contributed by atoms with E-state index in [9.17, 15) is 14.4 Å². The van der Waals surface area contributed by atoms with E-state index in [0.29, 0.717) is 39.7 Å². The van der Waals surface area contributed by atoms with Crippen LogP contribution in [0.15, 0.2) is 71.8 Å². The maximum atomic E-state index is 12.4. The van der Waals surface area contributed by atoms with Gasteiger partial charge < -0.3 is 24.3 Å². The summed E-state index contributed by atoms with van der Waals surface area (Å²) in [6, 6.07) is 17.7. The minimum absolute atomic E-state index is 0.243. The van der Waals surface area contributed by atoms with E-state index in [2.05, 4.69) is 15.8 Å². The summed E-state index contributed by atoms with van der Waals surface area (Å²) < 4.78 is 20.8. The molecule has 0 aliphatic carbocycles. The Morgan fingerprint density at radius 1 is 0.778 bits per heavy atom. The third-order valence-corrected chi connectivity index (χ3v) is 4.87. The van der Waals surface area contributed by atoms with Crippen LogP contribution in [0.4, 0.5) is 0 Å². The molecule has 10 nitrogen and oxygen atoms in total. The molecular weight excluding hydrogens is 466 g/mol. The highest BCUT2D eigenvalue weighted by Crippen LogP contribution is 2.28. The maximum Gasteiger partial charge on any atom is 0.343 e. The topological polar surface area (TPSA) is 125 Å². The van der Waals surface area contributed by atoms with Crippen LogP contribution in [0.2, 0.25) is 0 Å². The summed E-state index contributed by atoms with van der Waals surface area (Å²) in [4.78, 5) is 36.4. The second-order valence-corrected chi connectivity index (χ2v) is 7.23. The van der Waals surface area contributed by atoms with Crippen molar-refractivity contribution in [1.82, 2.24) is 10.7 Å². The number of amides is 2. The first-order valence-corrected chi connectivity index (χ1v) is 10.7. The third kappa shape index (κ3) is 7.07. The molecule has 3 aromatic carbocycles. The predicted octanol–water partition coefficient (Wildman–Crippen LogP) is 2.81. The van der Waals surface area contributed by atoms with Crippen molar-refractivity contribution in [3.8, 4) is 23.0 Å². The van der Waals surface area contributed by atoms with Crippen LogP contribution in [0.25, 0.3) is 0 Å². The van der Waals surface area contributed by atoms with E-state index in [1.54, 1.807) is 60.7 Å². The van der Waals surface area contributed by atoms with Gasteiger partial charge in [0.2, 0.25) is 0 Å². The smallest absolute Gasteiger partial charge is 0.343 e. The number of hydrazone groups is 1. The Kier molecular flexibility index (Phi) is 8.99. The Balaban J connectivity index is 1.46. The van der Waals surface area contributed by atoms with E-state index in [1.807, 2.05) is 0 Å². The Morgan fingerprint density at radius 2 is 1.42 bits per heavy atom. The zero-order chi connectivity index (χ0) is 25.9. The number of carbonyl (C=O) groups excluding carboxylic acids is 3. The van der Waals surface area contributed by atoms with Gasteiger partial charge in [0, 0.05) is 5.56 Å². The van der Waals surface area contributed by atoms with Crippen molar-refractivity contribution in [3.63, 3.8) is 0 Å². The first-order chi connectivity index (χ1) is 17.4. The van der Waals surface area contributed by atoms with Gasteiger partial charge >= 0.3 is 5.97 Å². The van der Waals surface area contributed by atoms with Gasteiger partial charge in [-0.15, -0.1) is 0 Å². The average molecular weight is 492 g/mol. The van der Waals surface area contributed by atoms with Crippen molar-refractivity contribution in [2.45, 2.75) is 0 Å². The van der Waals surface area contributed by atoms with E-state index in [-0.39, 0.29) is 6.54 Å². The van der Waals surface area contributed by atoms with Crippen molar-refractivity contribution in [1.29, 1.82) is 0 Å². The second kappa shape index (κ2) is 12.6. The molecular formula is C26H25N3O7. The lowest BCUT2D eigenvalue weighted by Crippen LogP contribution is -2.34. The number of hydrogen-bond acceptors (Lipinski definition) is 8. The Hall–Kier alpha value is -4.86. The van der Waals surface area contributed by atoms with Crippen LogP contribution in [0.1, 0.15) is 26.3 Å². The molecule has 0 atom stereocenters. The molecule has 3 rings (SSSR count). The van der Waals surface area contributed by atoms with Gasteiger partial charge in [-0.3, -0.25) is 9.59 Å².